The summed E-state index contributed by atoms with van der Waals surface area (Å²) in [7, 11) is 5.58. The Labute approximate surface area is 392 Å². The smallest absolute Gasteiger partial charge is 0.126 e. The van der Waals surface area contributed by atoms with Crippen molar-refractivity contribution in [2.75, 3.05) is 28.4 Å². The van der Waals surface area contributed by atoms with Crippen LogP contribution in [0.3, 0.4) is 0 Å². The summed E-state index contributed by atoms with van der Waals surface area (Å²) in [5, 5.41) is 0. The molecule has 0 N–H and O–H groups in total. The average Bonchev–Trinajstić information content (AvgIpc) is 3.30. The van der Waals surface area contributed by atoms with Gasteiger partial charge in [-0.05, 0) is 87.5 Å². The van der Waals surface area contributed by atoms with Crippen LogP contribution in [0.15, 0.2) is 132 Å². The fourth-order valence-electron chi connectivity index (χ4n) is 9.86. The summed E-state index contributed by atoms with van der Waals surface area (Å²) < 4.78 is 53.8. The van der Waals surface area contributed by atoms with E-state index in [1.54, 1.807) is 28.4 Å². The lowest BCUT2D eigenvalue weighted by molar-refractivity contribution is 0.288. The predicted octanol–water partition coefficient (Wildman–Crippen LogP) is 12.0. The molecule has 66 heavy (non-hydrogen) atoms. The van der Waals surface area contributed by atoms with Crippen molar-refractivity contribution in [1.29, 1.82) is 0 Å². The Bertz CT molecular complexity index is 2610. The largest absolute Gasteiger partial charge is 0.496 e. The molecule has 7 nitrogen and oxygen atoms in total. The van der Waals surface area contributed by atoms with Gasteiger partial charge in [-0.25, -0.2) is 0 Å². The summed E-state index contributed by atoms with van der Waals surface area (Å²) in [6.45, 7) is 6.47. The minimum absolute atomic E-state index is 0.202. The lowest BCUT2D eigenvalue weighted by Crippen LogP contribution is -2.24. The van der Waals surface area contributed by atoms with Gasteiger partial charge in [-0.3, -0.25) is 4.21 Å². The molecule has 1 unspecified atom stereocenters. The zero-order chi connectivity index (χ0) is 46.0. The summed E-state index contributed by atoms with van der Waals surface area (Å²) in [6, 6.07) is 44.4. The Morgan fingerprint density at radius 1 is 0.364 bits per heavy atom. The van der Waals surface area contributed by atoms with Crippen LogP contribution < -0.4 is 28.4 Å². The van der Waals surface area contributed by atoms with E-state index in [-0.39, 0.29) is 13.2 Å². The Kier molecular flexibility index (Phi) is 13.0. The van der Waals surface area contributed by atoms with Crippen LogP contribution in [0.2, 0.25) is 0 Å². The van der Waals surface area contributed by atoms with E-state index in [0.29, 0.717) is 38.5 Å². The number of hydrogen-bond donors (Lipinski definition) is 0. The van der Waals surface area contributed by atoms with Crippen molar-refractivity contribution in [1.82, 2.24) is 0 Å². The molecule has 338 valence electrons. The minimum atomic E-state index is -1.42. The summed E-state index contributed by atoms with van der Waals surface area (Å²) >= 11 is 0. The number of rotatable bonds is 5. The van der Waals surface area contributed by atoms with Gasteiger partial charge in [0.05, 0.1) is 44.1 Å². The van der Waals surface area contributed by atoms with Crippen LogP contribution >= 0.6 is 0 Å². The highest BCUT2D eigenvalue weighted by atomic mass is 32.2. The molecule has 0 radical (unpaired) electrons. The molecular weight excluding hydrogens is 841 g/mol. The van der Waals surface area contributed by atoms with E-state index in [1.165, 1.54) is 0 Å². The molecule has 7 aromatic carbocycles. The first kappa shape index (κ1) is 44.7. The van der Waals surface area contributed by atoms with E-state index in [0.717, 1.165) is 117 Å². The first-order valence-electron chi connectivity index (χ1n) is 22.7. The predicted molar refractivity (Wildman–Crippen MR) is 263 cm³/mol. The van der Waals surface area contributed by atoms with Crippen molar-refractivity contribution in [3.63, 3.8) is 0 Å². The van der Waals surface area contributed by atoms with Crippen molar-refractivity contribution < 1.29 is 32.6 Å². The Hall–Kier alpha value is -6.51. The highest BCUT2D eigenvalue weighted by Gasteiger charge is 2.28. The molecule has 9 rings (SSSR count). The fourth-order valence-corrected chi connectivity index (χ4v) is 11.2. The lowest BCUT2D eigenvalue weighted by atomic mass is 9.91. The van der Waals surface area contributed by atoms with Crippen LogP contribution in [0, 0.1) is 0 Å². The van der Waals surface area contributed by atoms with Gasteiger partial charge in [-0.2, -0.15) is 0 Å². The molecule has 0 fully saturated rings. The van der Waals surface area contributed by atoms with Crippen molar-refractivity contribution in [2.24, 2.45) is 0 Å². The van der Waals surface area contributed by atoms with Crippen molar-refractivity contribution in [3.8, 4) is 34.5 Å². The molecule has 2 aliphatic heterocycles. The second-order valence-corrected chi connectivity index (χ2v) is 20.3. The molecule has 0 spiro atoms. The molecule has 2 aliphatic rings. The fraction of sp³-hybridized carbons (Fsp3) is 0.276. The van der Waals surface area contributed by atoms with Gasteiger partial charge in [-0.1, -0.05) is 127 Å². The topological polar surface area (TPSA) is 72.5 Å². The first-order chi connectivity index (χ1) is 32.1. The number of fused-ring (bicyclic) bond motifs is 10. The third-order valence-corrected chi connectivity index (χ3v) is 14.8. The Balaban J connectivity index is 1.35. The van der Waals surface area contributed by atoms with Gasteiger partial charge in [-0.15, -0.1) is 0 Å². The standard InChI is InChI=1S/C58H58O7S/c1-58(2,3)66(59)57-49-27-14-28-50(57)36-65-56-47-25-13-26-48(56)34-44-22-11-18-40(54(44)63-7)30-39-17-10-21-43(53(39)62-6)33-46-24-12-23-45(55(46)64-35-49)31-41-19-8-15-37(51(41)60-4)29-38-16-9-20-42(32-47)52(38)61-5/h8-28H,29-36H2,1-7H3. The monoisotopic (exact) mass is 898 g/mol. The average molecular weight is 899 g/mol. The van der Waals surface area contributed by atoms with E-state index in [2.05, 4.69) is 109 Å². The molecule has 2 heterocycles. The maximum atomic E-state index is 14.9. The number of methoxy groups -OCH3 is 4. The number of para-hydroxylation sites is 6. The number of benzene rings is 7. The molecular formula is C58H58O7S. The van der Waals surface area contributed by atoms with Gasteiger partial charge in [0.15, 0.2) is 0 Å². The molecule has 0 saturated carbocycles. The van der Waals surface area contributed by atoms with Crippen LogP contribution in [0.5, 0.6) is 34.5 Å². The molecule has 0 amide bonds. The van der Waals surface area contributed by atoms with E-state index < -0.39 is 15.5 Å². The second kappa shape index (κ2) is 19.1. The van der Waals surface area contributed by atoms with Gasteiger partial charge in [0, 0.05) is 54.4 Å². The normalized spacial score (nSPS) is 14.0. The van der Waals surface area contributed by atoms with E-state index >= 15 is 0 Å². The summed E-state index contributed by atoms with van der Waals surface area (Å²) in [5.74, 6) is 4.87. The third-order valence-electron chi connectivity index (χ3n) is 12.8. The zero-order valence-electron chi connectivity index (χ0n) is 39.0. The van der Waals surface area contributed by atoms with E-state index in [4.69, 9.17) is 28.4 Å². The maximum absolute atomic E-state index is 14.9. The Morgan fingerprint density at radius 2 is 0.576 bits per heavy atom. The molecule has 0 aliphatic carbocycles. The summed E-state index contributed by atoms with van der Waals surface area (Å²) in [5.41, 5.74) is 14.2. The van der Waals surface area contributed by atoms with Crippen molar-refractivity contribution in [2.45, 2.75) is 82.2 Å². The molecule has 0 aromatic heterocycles. The SMILES string of the molecule is COc1c2cccc1Cc1cccc3c1OCc1cccc(c1S(=O)C(C)(C)C)COc1c(cccc1Cc1cccc(c1OC)Cc1cccc(c1OC)C3)Cc1cccc(c1OC)C2. The van der Waals surface area contributed by atoms with Gasteiger partial charge in [0.25, 0.3) is 0 Å². The Morgan fingerprint density at radius 3 is 0.803 bits per heavy atom. The van der Waals surface area contributed by atoms with E-state index in [9.17, 15) is 4.21 Å². The summed E-state index contributed by atoms with van der Waals surface area (Å²) in [4.78, 5) is 0.736. The molecule has 12 bridgehead atoms. The number of hydrogen-bond acceptors (Lipinski definition) is 7. The zero-order valence-corrected chi connectivity index (χ0v) is 39.9. The molecule has 7 aromatic rings. The second-order valence-electron chi connectivity index (χ2n) is 18.2. The minimum Gasteiger partial charge on any atom is -0.496 e. The van der Waals surface area contributed by atoms with Gasteiger partial charge in [0.1, 0.15) is 47.7 Å². The van der Waals surface area contributed by atoms with Gasteiger partial charge >= 0.3 is 0 Å². The summed E-state index contributed by atoms with van der Waals surface area (Å²) in [6.07, 6.45) is 3.43. The van der Waals surface area contributed by atoms with Crippen LogP contribution in [-0.4, -0.2) is 37.4 Å². The maximum Gasteiger partial charge on any atom is 0.126 e. The van der Waals surface area contributed by atoms with Crippen LogP contribution in [0.4, 0.5) is 0 Å². The first-order valence-corrected chi connectivity index (χ1v) is 23.8. The lowest BCUT2D eigenvalue weighted by Gasteiger charge is -2.25. The van der Waals surface area contributed by atoms with E-state index in [1.807, 2.05) is 39.0 Å². The van der Waals surface area contributed by atoms with Gasteiger partial charge in [0.2, 0.25) is 0 Å². The third kappa shape index (κ3) is 8.91. The highest BCUT2D eigenvalue weighted by Crippen LogP contribution is 2.41. The van der Waals surface area contributed by atoms with Gasteiger partial charge < -0.3 is 28.4 Å². The van der Waals surface area contributed by atoms with Crippen molar-refractivity contribution >= 4 is 10.8 Å². The number of ether oxygens (including phenoxy) is 6. The molecule has 8 heteroatoms. The highest BCUT2D eigenvalue weighted by molar-refractivity contribution is 7.86. The van der Waals surface area contributed by atoms with Crippen LogP contribution in [0.1, 0.15) is 98.7 Å². The van der Waals surface area contributed by atoms with Crippen LogP contribution in [-0.2, 0) is 62.5 Å². The van der Waals surface area contributed by atoms with Crippen molar-refractivity contribution in [3.05, 3.63) is 205 Å². The molecule has 1 atom stereocenters. The van der Waals surface area contributed by atoms with Crippen LogP contribution in [0.25, 0.3) is 0 Å². The quantitative estimate of drug-likeness (QED) is 0.170. The molecule has 0 saturated heterocycles.